The van der Waals surface area contributed by atoms with E-state index < -0.39 is 11.9 Å². The third-order valence-corrected chi connectivity index (χ3v) is 4.13. The Labute approximate surface area is 148 Å². The molecule has 0 spiro atoms. The molecule has 8 heteroatoms. The van der Waals surface area contributed by atoms with Gasteiger partial charge in [0, 0.05) is 11.6 Å². The van der Waals surface area contributed by atoms with E-state index in [1.54, 1.807) is 29.3 Å². The predicted molar refractivity (Wildman–Crippen MR) is 91.1 cm³/mol. The molecule has 1 aromatic heterocycles. The minimum atomic E-state index is -0.657. The molecule has 1 aliphatic rings. The number of rotatable bonds is 3. The summed E-state index contributed by atoms with van der Waals surface area (Å²) in [5.41, 5.74) is 1.37. The first-order valence-electron chi connectivity index (χ1n) is 7.36. The lowest BCUT2D eigenvalue weighted by atomic mass is 10.1. The quantitative estimate of drug-likeness (QED) is 0.775. The number of esters is 2. The Morgan fingerprint density at radius 2 is 1.96 bits per heavy atom. The molecule has 1 aliphatic heterocycles. The Hall–Kier alpha value is -2.64. The van der Waals surface area contributed by atoms with E-state index >= 15 is 0 Å². The molecule has 1 aromatic carbocycles. The number of carbonyl (C=O) groups is 2. The predicted octanol–water partition coefficient (Wildman–Crippen LogP) is 2.28. The van der Waals surface area contributed by atoms with Crippen molar-refractivity contribution in [2.24, 2.45) is 0 Å². The number of hydrogen-bond donors (Lipinski definition) is 0. The summed E-state index contributed by atoms with van der Waals surface area (Å²) in [6.45, 7) is 0.0218. The van der Waals surface area contributed by atoms with Crippen molar-refractivity contribution < 1.29 is 23.8 Å². The van der Waals surface area contributed by atoms with Gasteiger partial charge >= 0.3 is 11.9 Å². The number of ether oxygens (including phenoxy) is 3. The van der Waals surface area contributed by atoms with Gasteiger partial charge in [-0.3, -0.25) is 4.98 Å². The molecule has 0 N–H and O–H groups in total. The zero-order chi connectivity index (χ0) is 18.0. The highest BCUT2D eigenvalue weighted by Crippen LogP contribution is 2.34. The Morgan fingerprint density at radius 3 is 2.68 bits per heavy atom. The van der Waals surface area contributed by atoms with Gasteiger partial charge in [-0.2, -0.15) is 0 Å². The first kappa shape index (κ1) is 17.2. The van der Waals surface area contributed by atoms with Crippen LogP contribution in [-0.4, -0.2) is 44.5 Å². The fourth-order valence-electron chi connectivity index (χ4n) is 2.69. The minimum absolute atomic E-state index is 0.0443. The van der Waals surface area contributed by atoms with Crippen molar-refractivity contribution in [1.29, 1.82) is 0 Å². The SMILES string of the molecule is COC(=O)C1=C(C(=O)OC)N(c2ccc(Cl)c3ncccc23)COC1. The van der Waals surface area contributed by atoms with Crippen molar-refractivity contribution in [3.63, 3.8) is 0 Å². The van der Waals surface area contributed by atoms with E-state index in [2.05, 4.69) is 4.98 Å². The normalized spacial score (nSPS) is 14.6. The molecule has 0 saturated heterocycles. The Balaban J connectivity index is 2.23. The Kier molecular flexibility index (Phi) is 4.87. The number of anilines is 1. The monoisotopic (exact) mass is 362 g/mol. The molecule has 3 rings (SSSR count). The average molecular weight is 363 g/mol. The van der Waals surface area contributed by atoms with Gasteiger partial charge in [0.15, 0.2) is 0 Å². The maximum Gasteiger partial charge on any atom is 0.355 e. The highest BCUT2D eigenvalue weighted by atomic mass is 35.5. The Bertz CT molecular complexity index is 880. The van der Waals surface area contributed by atoms with Gasteiger partial charge in [0.05, 0.1) is 42.6 Å². The maximum atomic E-state index is 12.4. The summed E-state index contributed by atoms with van der Waals surface area (Å²) in [5.74, 6) is -1.31. The van der Waals surface area contributed by atoms with Gasteiger partial charge in [0.1, 0.15) is 12.4 Å². The van der Waals surface area contributed by atoms with E-state index in [0.717, 1.165) is 0 Å². The molecule has 0 unspecified atom stereocenters. The lowest BCUT2D eigenvalue weighted by Gasteiger charge is -2.32. The molecule has 0 bridgehead atoms. The zero-order valence-corrected chi connectivity index (χ0v) is 14.4. The third kappa shape index (κ3) is 3.04. The number of halogens is 1. The van der Waals surface area contributed by atoms with Gasteiger partial charge in [-0.1, -0.05) is 11.6 Å². The number of fused-ring (bicyclic) bond motifs is 1. The van der Waals surface area contributed by atoms with Gasteiger partial charge < -0.3 is 19.1 Å². The second-order valence-electron chi connectivity index (χ2n) is 5.18. The van der Waals surface area contributed by atoms with Crippen LogP contribution in [0, 0.1) is 0 Å². The van der Waals surface area contributed by atoms with Crippen molar-refractivity contribution in [3.05, 3.63) is 46.8 Å². The summed E-state index contributed by atoms with van der Waals surface area (Å²) in [4.78, 5) is 30.3. The summed E-state index contributed by atoms with van der Waals surface area (Å²) in [5, 5.41) is 1.19. The van der Waals surface area contributed by atoms with Gasteiger partial charge in [0.25, 0.3) is 0 Å². The van der Waals surface area contributed by atoms with E-state index in [9.17, 15) is 9.59 Å². The molecular formula is C17H15ClN2O5. The summed E-state index contributed by atoms with van der Waals surface area (Å²) in [7, 11) is 2.49. The van der Waals surface area contributed by atoms with E-state index in [1.807, 2.05) is 6.07 Å². The molecule has 2 heterocycles. The van der Waals surface area contributed by atoms with E-state index in [4.69, 9.17) is 25.8 Å². The fourth-order valence-corrected chi connectivity index (χ4v) is 2.91. The second kappa shape index (κ2) is 7.08. The van der Waals surface area contributed by atoms with Crippen molar-refractivity contribution in [1.82, 2.24) is 4.98 Å². The van der Waals surface area contributed by atoms with Crippen molar-refractivity contribution in [2.45, 2.75) is 0 Å². The van der Waals surface area contributed by atoms with Crippen LogP contribution in [0.4, 0.5) is 5.69 Å². The summed E-state index contributed by atoms with van der Waals surface area (Å²) >= 11 is 6.21. The molecule has 0 atom stereocenters. The van der Waals surface area contributed by atoms with E-state index in [1.165, 1.54) is 14.2 Å². The number of carbonyl (C=O) groups excluding carboxylic acids is 2. The molecule has 0 saturated carbocycles. The van der Waals surface area contributed by atoms with Crippen LogP contribution in [-0.2, 0) is 23.8 Å². The molecule has 25 heavy (non-hydrogen) atoms. The number of aromatic nitrogens is 1. The molecule has 2 aromatic rings. The maximum absolute atomic E-state index is 12.4. The van der Waals surface area contributed by atoms with Gasteiger partial charge in [-0.05, 0) is 24.3 Å². The summed E-state index contributed by atoms with van der Waals surface area (Å²) in [6, 6.07) is 6.99. The lowest BCUT2D eigenvalue weighted by Crippen LogP contribution is -2.38. The number of benzene rings is 1. The average Bonchev–Trinajstić information content (AvgIpc) is 2.66. The first-order chi connectivity index (χ1) is 12.1. The summed E-state index contributed by atoms with van der Waals surface area (Å²) < 4.78 is 15.1. The number of nitrogens with zero attached hydrogens (tertiary/aromatic N) is 2. The molecule has 130 valence electrons. The van der Waals surface area contributed by atoms with Crippen molar-refractivity contribution >= 4 is 40.1 Å². The van der Waals surface area contributed by atoms with Crippen LogP contribution in [0.25, 0.3) is 10.9 Å². The third-order valence-electron chi connectivity index (χ3n) is 3.82. The van der Waals surface area contributed by atoms with Crippen molar-refractivity contribution in [2.75, 3.05) is 32.5 Å². The van der Waals surface area contributed by atoms with Crippen LogP contribution in [0.3, 0.4) is 0 Å². The van der Waals surface area contributed by atoms with Gasteiger partial charge in [-0.25, -0.2) is 9.59 Å². The largest absolute Gasteiger partial charge is 0.466 e. The summed E-state index contributed by atoms with van der Waals surface area (Å²) in [6.07, 6.45) is 1.63. The minimum Gasteiger partial charge on any atom is -0.466 e. The van der Waals surface area contributed by atoms with E-state index in [0.29, 0.717) is 21.6 Å². The molecule has 0 aliphatic carbocycles. The van der Waals surface area contributed by atoms with Crippen molar-refractivity contribution in [3.8, 4) is 0 Å². The highest BCUT2D eigenvalue weighted by Gasteiger charge is 2.33. The number of hydrogen-bond acceptors (Lipinski definition) is 7. The lowest BCUT2D eigenvalue weighted by molar-refractivity contribution is -0.140. The number of methoxy groups -OCH3 is 2. The van der Waals surface area contributed by atoms with E-state index in [-0.39, 0.29) is 24.6 Å². The van der Waals surface area contributed by atoms with Crippen LogP contribution in [0.2, 0.25) is 5.02 Å². The second-order valence-corrected chi connectivity index (χ2v) is 5.59. The van der Waals surface area contributed by atoms with Gasteiger partial charge in [-0.15, -0.1) is 0 Å². The number of pyridine rings is 1. The Morgan fingerprint density at radius 1 is 1.20 bits per heavy atom. The standard InChI is InChI=1S/C17H15ClN2O5/c1-23-16(21)11-8-25-9-20(15(11)17(22)24-2)13-6-5-12(18)14-10(13)4-3-7-19-14/h3-7H,8-9H2,1-2H3. The molecule has 0 amide bonds. The van der Waals surface area contributed by atoms with Crippen LogP contribution in [0.5, 0.6) is 0 Å². The van der Waals surface area contributed by atoms with Crippen LogP contribution in [0.1, 0.15) is 0 Å². The zero-order valence-electron chi connectivity index (χ0n) is 13.6. The van der Waals surface area contributed by atoms with Crippen LogP contribution < -0.4 is 4.90 Å². The molecule has 7 nitrogen and oxygen atoms in total. The molecule has 0 radical (unpaired) electrons. The van der Waals surface area contributed by atoms with Crippen LogP contribution in [0.15, 0.2) is 41.7 Å². The van der Waals surface area contributed by atoms with Gasteiger partial charge in [0.2, 0.25) is 0 Å². The highest BCUT2D eigenvalue weighted by molar-refractivity contribution is 6.35. The fraction of sp³-hybridized carbons (Fsp3) is 0.235. The first-order valence-corrected chi connectivity index (χ1v) is 7.74. The smallest absolute Gasteiger partial charge is 0.355 e. The topological polar surface area (TPSA) is 78.0 Å². The molecular weight excluding hydrogens is 348 g/mol. The molecule has 0 fully saturated rings. The van der Waals surface area contributed by atoms with Crippen LogP contribution >= 0.6 is 11.6 Å².